The fourth-order valence-electron chi connectivity index (χ4n) is 3.49. The number of hydrogen-bond donors (Lipinski definition) is 1. The number of nitrogens with one attached hydrogen (secondary N) is 1. The van der Waals surface area contributed by atoms with Crippen LogP contribution in [0.25, 0.3) is 10.6 Å². The molecule has 1 amide bonds. The first-order valence-corrected chi connectivity index (χ1v) is 10.0. The summed E-state index contributed by atoms with van der Waals surface area (Å²) >= 11 is 1.51. The van der Waals surface area contributed by atoms with Crippen LogP contribution in [-0.4, -0.2) is 33.9 Å². The van der Waals surface area contributed by atoms with Gasteiger partial charge in [0.15, 0.2) is 0 Å². The number of hydrogen-bond acceptors (Lipinski definition) is 4. The highest BCUT2D eigenvalue weighted by Crippen LogP contribution is 2.26. The number of amides is 1. The van der Waals surface area contributed by atoms with Crippen LogP contribution in [0.5, 0.6) is 0 Å². The number of H-pyrrole nitrogens is 1. The van der Waals surface area contributed by atoms with Crippen molar-refractivity contribution >= 4 is 17.2 Å². The number of aromatic amines is 1. The molecule has 2 aromatic heterocycles. The Bertz CT molecular complexity index is 952. The molecule has 3 aromatic rings. The molecule has 0 saturated carbocycles. The number of carbonyl (C=O) groups is 1. The summed E-state index contributed by atoms with van der Waals surface area (Å²) in [5.41, 5.74) is 2.66. The van der Waals surface area contributed by atoms with E-state index in [-0.39, 0.29) is 11.5 Å². The van der Waals surface area contributed by atoms with Gasteiger partial charge in [0.25, 0.3) is 5.91 Å². The van der Waals surface area contributed by atoms with Gasteiger partial charge in [0, 0.05) is 36.3 Å². The number of pyridine rings is 1. The van der Waals surface area contributed by atoms with Gasteiger partial charge in [0.05, 0.1) is 0 Å². The summed E-state index contributed by atoms with van der Waals surface area (Å²) in [5, 5.41) is 2.74. The van der Waals surface area contributed by atoms with Gasteiger partial charge in [-0.2, -0.15) is 0 Å². The molecule has 0 atom stereocenters. The van der Waals surface area contributed by atoms with Gasteiger partial charge >= 0.3 is 0 Å². The van der Waals surface area contributed by atoms with Crippen LogP contribution in [0.1, 0.15) is 28.9 Å². The second-order valence-electron chi connectivity index (χ2n) is 6.90. The van der Waals surface area contributed by atoms with E-state index >= 15 is 0 Å². The highest BCUT2D eigenvalue weighted by Gasteiger charge is 2.25. The summed E-state index contributed by atoms with van der Waals surface area (Å²) < 4.78 is 0. The van der Waals surface area contributed by atoms with Gasteiger partial charge in [-0.15, -0.1) is 11.3 Å². The summed E-state index contributed by atoms with van der Waals surface area (Å²) in [7, 11) is 0. The van der Waals surface area contributed by atoms with E-state index in [9.17, 15) is 9.59 Å². The zero-order chi connectivity index (χ0) is 18.6. The summed E-state index contributed by atoms with van der Waals surface area (Å²) in [6, 6.07) is 13.4. The largest absolute Gasteiger partial charge is 0.337 e. The number of aromatic nitrogens is 2. The van der Waals surface area contributed by atoms with Gasteiger partial charge in [-0.05, 0) is 30.7 Å². The average Bonchev–Trinajstić information content (AvgIpc) is 3.21. The molecule has 1 aliphatic rings. The maximum Gasteiger partial charge on any atom is 0.273 e. The Balaban J connectivity index is 1.35. The fraction of sp³-hybridized carbons (Fsp3) is 0.286. The number of benzene rings is 1. The molecule has 27 heavy (non-hydrogen) atoms. The predicted molar refractivity (Wildman–Crippen MR) is 107 cm³/mol. The summed E-state index contributed by atoms with van der Waals surface area (Å²) in [6.45, 7) is 1.51. The minimum atomic E-state index is -0.0719. The summed E-state index contributed by atoms with van der Waals surface area (Å²) in [6.07, 6.45) is 4.68. The number of piperidine rings is 1. The Morgan fingerprint density at radius 1 is 1.15 bits per heavy atom. The van der Waals surface area contributed by atoms with Crippen LogP contribution in [-0.2, 0) is 6.42 Å². The van der Waals surface area contributed by atoms with Crippen molar-refractivity contribution in [3.8, 4) is 10.6 Å². The smallest absolute Gasteiger partial charge is 0.273 e. The van der Waals surface area contributed by atoms with E-state index in [4.69, 9.17) is 0 Å². The van der Waals surface area contributed by atoms with Crippen LogP contribution in [0.3, 0.4) is 0 Å². The molecular weight excluding hydrogens is 358 g/mol. The highest BCUT2D eigenvalue weighted by molar-refractivity contribution is 7.13. The maximum absolute atomic E-state index is 12.8. The lowest BCUT2D eigenvalue weighted by Crippen LogP contribution is -2.39. The second kappa shape index (κ2) is 7.88. The Morgan fingerprint density at radius 3 is 2.63 bits per heavy atom. The van der Waals surface area contributed by atoms with E-state index in [1.54, 1.807) is 12.3 Å². The van der Waals surface area contributed by atoms with Crippen LogP contribution in [0, 0.1) is 5.92 Å². The molecule has 138 valence electrons. The number of nitrogens with zero attached hydrogens (tertiary/aromatic N) is 2. The van der Waals surface area contributed by atoms with E-state index < -0.39 is 0 Å². The van der Waals surface area contributed by atoms with E-state index in [1.807, 2.05) is 46.7 Å². The Labute approximate surface area is 161 Å². The molecule has 0 unspecified atom stereocenters. The molecule has 1 N–H and O–H groups in total. The van der Waals surface area contributed by atoms with Gasteiger partial charge < -0.3 is 9.88 Å². The van der Waals surface area contributed by atoms with Gasteiger partial charge in [-0.1, -0.05) is 36.4 Å². The monoisotopic (exact) mass is 379 g/mol. The van der Waals surface area contributed by atoms with Gasteiger partial charge in [-0.3, -0.25) is 9.59 Å². The molecule has 4 rings (SSSR count). The van der Waals surface area contributed by atoms with Gasteiger partial charge in [0.1, 0.15) is 10.7 Å². The molecule has 3 heterocycles. The van der Waals surface area contributed by atoms with E-state index in [1.165, 1.54) is 11.3 Å². The number of rotatable bonds is 4. The van der Waals surface area contributed by atoms with Crippen molar-refractivity contribution in [1.82, 2.24) is 14.9 Å². The van der Waals surface area contributed by atoms with Crippen molar-refractivity contribution in [2.24, 2.45) is 5.92 Å². The Morgan fingerprint density at radius 2 is 1.93 bits per heavy atom. The topological polar surface area (TPSA) is 66.1 Å². The lowest BCUT2D eigenvalue weighted by Gasteiger charge is -2.31. The number of thiazole rings is 1. The molecular formula is C21H21N3O2S. The second-order valence-corrected chi connectivity index (χ2v) is 7.76. The van der Waals surface area contributed by atoms with Gasteiger partial charge in [0.2, 0.25) is 5.56 Å². The third kappa shape index (κ3) is 4.17. The molecule has 6 heteroatoms. The molecule has 0 radical (unpaired) electrons. The van der Waals surface area contributed by atoms with Crippen LogP contribution < -0.4 is 5.56 Å². The zero-order valence-corrected chi connectivity index (χ0v) is 15.7. The number of likely N-dealkylation sites (tertiary alicyclic amines) is 1. The molecule has 1 aromatic carbocycles. The van der Waals surface area contributed by atoms with Crippen molar-refractivity contribution in [1.29, 1.82) is 0 Å². The molecule has 5 nitrogen and oxygen atoms in total. The van der Waals surface area contributed by atoms with E-state index in [2.05, 4.69) is 9.97 Å². The van der Waals surface area contributed by atoms with E-state index in [0.717, 1.165) is 48.5 Å². The first-order valence-electron chi connectivity index (χ1n) is 9.17. The Hall–Kier alpha value is -2.73. The summed E-state index contributed by atoms with van der Waals surface area (Å²) in [4.78, 5) is 33.1. The lowest BCUT2D eigenvalue weighted by atomic mass is 9.90. The average molecular weight is 379 g/mol. The van der Waals surface area contributed by atoms with Crippen molar-refractivity contribution in [3.63, 3.8) is 0 Å². The number of carbonyl (C=O) groups excluding carboxylic acids is 1. The first-order chi connectivity index (χ1) is 13.2. The van der Waals surface area contributed by atoms with Crippen LogP contribution >= 0.6 is 11.3 Å². The quantitative estimate of drug-likeness (QED) is 0.753. The maximum atomic E-state index is 12.8. The minimum absolute atomic E-state index is 0.0240. The zero-order valence-electron chi connectivity index (χ0n) is 14.9. The molecule has 1 saturated heterocycles. The van der Waals surface area contributed by atoms with E-state index in [0.29, 0.717) is 11.6 Å². The minimum Gasteiger partial charge on any atom is -0.337 e. The van der Waals surface area contributed by atoms with Crippen LogP contribution in [0.15, 0.2) is 58.8 Å². The predicted octanol–water partition coefficient (Wildman–Crippen LogP) is 3.59. The first kappa shape index (κ1) is 17.7. The molecule has 0 bridgehead atoms. The molecule has 1 aliphatic heterocycles. The lowest BCUT2D eigenvalue weighted by molar-refractivity contribution is 0.0685. The molecule has 0 spiro atoms. The summed E-state index contributed by atoms with van der Waals surface area (Å²) in [5.74, 6) is 0.561. The van der Waals surface area contributed by atoms with Gasteiger partial charge in [-0.25, -0.2) is 4.98 Å². The third-order valence-electron chi connectivity index (χ3n) is 5.02. The van der Waals surface area contributed by atoms with Crippen LogP contribution in [0.4, 0.5) is 0 Å². The normalized spacial score (nSPS) is 15.0. The van der Waals surface area contributed by atoms with Crippen LogP contribution in [0.2, 0.25) is 0 Å². The standard InChI is InChI=1S/C21H21N3O2S/c25-19-7-6-16(13-22-19)12-15-8-10-24(11-9-15)21(26)18-14-27-20(23-18)17-4-2-1-3-5-17/h1-7,13-15H,8-12H2,(H,22,25). The highest BCUT2D eigenvalue weighted by atomic mass is 32.1. The van der Waals surface area contributed by atoms with Crippen molar-refractivity contribution in [2.75, 3.05) is 13.1 Å². The SMILES string of the molecule is O=C(c1csc(-c2ccccc2)n1)N1CCC(Cc2ccc(=O)[nH]c2)CC1. The molecule has 1 fully saturated rings. The van der Waals surface area contributed by atoms with Crippen molar-refractivity contribution in [3.05, 3.63) is 75.7 Å². The Kier molecular flexibility index (Phi) is 5.16. The van der Waals surface area contributed by atoms with Crippen molar-refractivity contribution < 1.29 is 4.79 Å². The third-order valence-corrected chi connectivity index (χ3v) is 5.91. The molecule has 0 aliphatic carbocycles. The fourth-order valence-corrected chi connectivity index (χ4v) is 4.29. The van der Waals surface area contributed by atoms with Crippen molar-refractivity contribution in [2.45, 2.75) is 19.3 Å².